The zero-order valence-corrected chi connectivity index (χ0v) is 24.4. The van der Waals surface area contributed by atoms with E-state index < -0.39 is 23.8 Å². The van der Waals surface area contributed by atoms with Crippen LogP contribution in [0.1, 0.15) is 56.6 Å². The molecule has 4 bridgehead atoms. The number of nitrogens with zero attached hydrogens (tertiary/aromatic N) is 1. The average molecular weight is 593 g/mol. The highest BCUT2D eigenvalue weighted by Crippen LogP contribution is 2.60. The van der Waals surface area contributed by atoms with Crippen LogP contribution in [0.25, 0.3) is 6.08 Å². The van der Waals surface area contributed by atoms with Crippen molar-refractivity contribution in [1.82, 2.24) is 5.32 Å². The summed E-state index contributed by atoms with van der Waals surface area (Å²) in [7, 11) is 1.39. The predicted molar refractivity (Wildman–Crippen MR) is 155 cm³/mol. The Labute approximate surface area is 249 Å². The number of anilines is 1. The van der Waals surface area contributed by atoms with Crippen LogP contribution in [0.5, 0.6) is 11.5 Å². The van der Waals surface area contributed by atoms with E-state index in [1.54, 1.807) is 19.1 Å². The molecule has 0 unspecified atom stereocenters. The van der Waals surface area contributed by atoms with Crippen LogP contribution in [0, 0.1) is 17.8 Å². The number of urea groups is 1. The fourth-order valence-corrected chi connectivity index (χ4v) is 8.06. The van der Waals surface area contributed by atoms with Gasteiger partial charge in [0.1, 0.15) is 5.57 Å². The van der Waals surface area contributed by atoms with Gasteiger partial charge in [-0.2, -0.15) is 0 Å². The molecule has 0 spiro atoms. The van der Waals surface area contributed by atoms with Gasteiger partial charge >= 0.3 is 12.0 Å². The third-order valence-electron chi connectivity index (χ3n) is 9.08. The number of carbonyl (C=O) groups is 4. The van der Waals surface area contributed by atoms with Crippen LogP contribution < -0.4 is 19.7 Å². The monoisotopic (exact) mass is 592 g/mol. The summed E-state index contributed by atoms with van der Waals surface area (Å²) in [5.41, 5.74) is 1.98. The number of methoxy groups -OCH3 is 1. The number of halogens is 1. The van der Waals surface area contributed by atoms with Gasteiger partial charge in [0.2, 0.25) is 0 Å². The van der Waals surface area contributed by atoms with Gasteiger partial charge in [0.05, 0.1) is 24.4 Å². The Hall–Kier alpha value is -3.85. The summed E-state index contributed by atoms with van der Waals surface area (Å²) in [4.78, 5) is 51.8. The average Bonchev–Trinajstić information content (AvgIpc) is 2.94. The summed E-state index contributed by atoms with van der Waals surface area (Å²) in [5, 5.41) is 2.37. The maximum absolute atomic E-state index is 13.5. The Morgan fingerprint density at radius 2 is 1.69 bits per heavy atom. The molecule has 4 amide bonds. The molecule has 4 aliphatic carbocycles. The molecule has 0 aromatic heterocycles. The van der Waals surface area contributed by atoms with Gasteiger partial charge in [-0.15, -0.1) is 0 Å². The first-order chi connectivity index (χ1) is 20.2. The summed E-state index contributed by atoms with van der Waals surface area (Å²) in [6.45, 7) is 1.52. The number of amides is 4. The summed E-state index contributed by atoms with van der Waals surface area (Å²) in [6, 6.07) is 9.87. The molecular formula is C32H33ClN2O7. The highest BCUT2D eigenvalue weighted by Gasteiger charge is 2.51. The Morgan fingerprint density at radius 3 is 2.29 bits per heavy atom. The molecule has 1 aliphatic heterocycles. The molecule has 2 aromatic carbocycles. The Balaban J connectivity index is 1.24. The van der Waals surface area contributed by atoms with Crippen LogP contribution in [-0.2, 0) is 24.5 Å². The molecule has 10 heteroatoms. The summed E-state index contributed by atoms with van der Waals surface area (Å²) < 4.78 is 15.7. The van der Waals surface area contributed by atoms with Crippen molar-refractivity contribution >= 4 is 47.2 Å². The lowest BCUT2D eigenvalue weighted by atomic mass is 9.48. The van der Waals surface area contributed by atoms with E-state index in [-0.39, 0.29) is 40.7 Å². The van der Waals surface area contributed by atoms with Crippen molar-refractivity contribution < 1.29 is 33.4 Å². The van der Waals surface area contributed by atoms with E-state index in [1.807, 2.05) is 12.1 Å². The van der Waals surface area contributed by atoms with E-state index in [1.165, 1.54) is 69.4 Å². The van der Waals surface area contributed by atoms with E-state index in [9.17, 15) is 19.2 Å². The fourth-order valence-electron chi connectivity index (χ4n) is 7.78. The number of rotatable bonds is 8. The van der Waals surface area contributed by atoms with Gasteiger partial charge in [-0.25, -0.2) is 14.5 Å². The molecule has 9 nitrogen and oxygen atoms in total. The van der Waals surface area contributed by atoms with Crippen molar-refractivity contribution in [3.05, 3.63) is 58.1 Å². The Kier molecular flexibility index (Phi) is 7.47. The van der Waals surface area contributed by atoms with E-state index in [0.29, 0.717) is 11.3 Å². The third-order valence-corrected chi connectivity index (χ3v) is 9.36. The topological polar surface area (TPSA) is 111 Å². The fraction of sp³-hybridized carbons (Fsp3) is 0.438. The number of ether oxygens (including phenoxy) is 3. The molecule has 7 rings (SSSR count). The SMILES string of the molecule is CCOC(=O)COc1c(Cl)cc(/C=C2/C(=O)NC(=O)N(c3ccc(C45CC6CC(CC(C6)C4)C5)cc3)C2=O)cc1OC. The normalized spacial score (nSPS) is 27.3. The standard InChI is InChI=1S/C32H33ClN2O7/c1-3-41-27(36)17-42-28-25(33)12-18(13-26(28)40-2)11-24-29(37)34-31(39)35(30(24)38)23-6-4-22(5-7-23)32-14-19-8-20(15-32)10-21(9-19)16-32/h4-7,11-13,19-21H,3,8-10,14-17H2,1-2H3,(H,34,37,39)/b24-11-. The molecular weight excluding hydrogens is 560 g/mol. The van der Waals surface area contributed by atoms with Crippen LogP contribution in [0.4, 0.5) is 10.5 Å². The molecule has 0 radical (unpaired) electrons. The molecule has 220 valence electrons. The second-order valence-electron chi connectivity index (χ2n) is 11.8. The van der Waals surface area contributed by atoms with E-state index in [2.05, 4.69) is 5.32 Å². The number of carbonyl (C=O) groups excluding carboxylic acids is 4. The molecule has 5 fully saturated rings. The van der Waals surface area contributed by atoms with Crippen LogP contribution >= 0.6 is 11.6 Å². The van der Waals surface area contributed by atoms with Crippen molar-refractivity contribution in [2.24, 2.45) is 17.8 Å². The number of barbiturate groups is 1. The second kappa shape index (κ2) is 11.1. The molecule has 5 aliphatic rings. The van der Waals surface area contributed by atoms with Crippen LogP contribution in [0.15, 0.2) is 42.0 Å². The number of hydrogen-bond donors (Lipinski definition) is 1. The summed E-state index contributed by atoms with van der Waals surface area (Å²) >= 11 is 6.40. The molecule has 42 heavy (non-hydrogen) atoms. The first-order valence-corrected chi connectivity index (χ1v) is 14.8. The highest BCUT2D eigenvalue weighted by molar-refractivity contribution is 6.39. The predicted octanol–water partition coefficient (Wildman–Crippen LogP) is 5.42. The van der Waals surface area contributed by atoms with Crippen molar-refractivity contribution in [3.8, 4) is 11.5 Å². The van der Waals surface area contributed by atoms with Gasteiger partial charge < -0.3 is 14.2 Å². The minimum Gasteiger partial charge on any atom is -0.493 e. The zero-order valence-electron chi connectivity index (χ0n) is 23.6. The van der Waals surface area contributed by atoms with Gasteiger partial charge in [0.15, 0.2) is 18.1 Å². The van der Waals surface area contributed by atoms with Gasteiger partial charge in [-0.3, -0.25) is 14.9 Å². The Morgan fingerprint density at radius 1 is 1.05 bits per heavy atom. The first-order valence-electron chi connectivity index (χ1n) is 14.4. The lowest BCUT2D eigenvalue weighted by Gasteiger charge is -2.57. The zero-order chi connectivity index (χ0) is 29.6. The summed E-state index contributed by atoms with van der Waals surface area (Å²) in [5.74, 6) is 0.577. The third kappa shape index (κ3) is 5.15. The number of hydrogen-bond acceptors (Lipinski definition) is 7. The molecule has 1 heterocycles. The summed E-state index contributed by atoms with van der Waals surface area (Å²) in [6.07, 6.45) is 9.02. The van der Waals surface area contributed by atoms with Gasteiger partial charge in [-0.05, 0) is 110 Å². The first kappa shape index (κ1) is 28.3. The molecule has 2 aromatic rings. The van der Waals surface area contributed by atoms with Crippen molar-refractivity contribution in [2.45, 2.75) is 50.9 Å². The minimum absolute atomic E-state index is 0.0994. The number of nitrogens with one attached hydrogen (secondary N) is 1. The lowest BCUT2D eigenvalue weighted by Crippen LogP contribution is -2.54. The van der Waals surface area contributed by atoms with Crippen LogP contribution in [-0.4, -0.2) is 44.1 Å². The van der Waals surface area contributed by atoms with Gasteiger partial charge in [0, 0.05) is 0 Å². The molecule has 1 N–H and O–H groups in total. The highest BCUT2D eigenvalue weighted by atomic mass is 35.5. The van der Waals surface area contributed by atoms with Crippen molar-refractivity contribution in [2.75, 3.05) is 25.2 Å². The maximum atomic E-state index is 13.5. The Bertz CT molecular complexity index is 1450. The minimum atomic E-state index is -0.816. The van der Waals surface area contributed by atoms with Gasteiger partial charge in [0.25, 0.3) is 11.8 Å². The van der Waals surface area contributed by atoms with Gasteiger partial charge in [-0.1, -0.05) is 23.7 Å². The van der Waals surface area contributed by atoms with E-state index >= 15 is 0 Å². The number of benzene rings is 2. The number of esters is 1. The maximum Gasteiger partial charge on any atom is 0.344 e. The number of imide groups is 2. The molecule has 0 atom stereocenters. The molecule has 1 saturated heterocycles. The largest absolute Gasteiger partial charge is 0.493 e. The van der Waals surface area contributed by atoms with Crippen molar-refractivity contribution in [1.29, 1.82) is 0 Å². The smallest absolute Gasteiger partial charge is 0.344 e. The quantitative estimate of drug-likeness (QED) is 0.247. The van der Waals surface area contributed by atoms with Crippen molar-refractivity contribution in [3.63, 3.8) is 0 Å². The van der Waals surface area contributed by atoms with E-state index in [0.717, 1.165) is 22.7 Å². The van der Waals surface area contributed by atoms with Crippen LogP contribution in [0.2, 0.25) is 5.02 Å². The second-order valence-corrected chi connectivity index (χ2v) is 12.2. The van der Waals surface area contributed by atoms with E-state index in [4.69, 9.17) is 25.8 Å². The molecule has 4 saturated carbocycles. The lowest BCUT2D eigenvalue weighted by molar-refractivity contribution is -0.145. The van der Waals surface area contributed by atoms with Crippen LogP contribution in [0.3, 0.4) is 0 Å².